The quantitative estimate of drug-likeness (QED) is 0.521. The smallest absolute Gasteiger partial charge is 0.160 e. The first kappa shape index (κ1) is 15.2. The zero-order valence-electron chi connectivity index (χ0n) is 13.9. The van der Waals surface area contributed by atoms with E-state index in [2.05, 4.69) is 52.4 Å². The Kier molecular flexibility index (Phi) is 4.05. The molecule has 2 aromatic heterocycles. The summed E-state index contributed by atoms with van der Waals surface area (Å²) in [6.07, 6.45) is 3.65. The highest BCUT2D eigenvalue weighted by molar-refractivity contribution is 5.68. The Labute approximate surface area is 147 Å². The number of hydrogen-bond acceptors (Lipinski definition) is 3. The van der Waals surface area contributed by atoms with Crippen molar-refractivity contribution in [3.05, 3.63) is 90.9 Å². The molecule has 25 heavy (non-hydrogen) atoms. The van der Waals surface area contributed by atoms with E-state index in [1.54, 1.807) is 6.20 Å². The van der Waals surface area contributed by atoms with Gasteiger partial charge < -0.3 is 0 Å². The molecule has 2 aromatic carbocycles. The van der Waals surface area contributed by atoms with Crippen LogP contribution < -0.4 is 0 Å². The Morgan fingerprint density at radius 2 is 1.36 bits per heavy atom. The lowest BCUT2D eigenvalue weighted by Gasteiger charge is -2.07. The van der Waals surface area contributed by atoms with Crippen molar-refractivity contribution < 1.29 is 0 Å². The fourth-order valence-corrected chi connectivity index (χ4v) is 2.80. The predicted molar refractivity (Wildman–Crippen MR) is 101 cm³/mol. The number of hydrogen-bond donors (Lipinski definition) is 0. The van der Waals surface area contributed by atoms with Crippen LogP contribution in [0.25, 0.3) is 33.8 Å². The van der Waals surface area contributed by atoms with Crippen LogP contribution in [0.5, 0.6) is 0 Å². The molecular weight excluding hydrogens is 306 g/mol. The van der Waals surface area contributed by atoms with E-state index in [4.69, 9.17) is 4.98 Å². The Bertz CT molecular complexity index is 979. The van der Waals surface area contributed by atoms with E-state index in [-0.39, 0.29) is 0 Å². The molecule has 0 radical (unpaired) electrons. The Hall–Kier alpha value is -3.33. The lowest BCUT2D eigenvalue weighted by molar-refractivity contribution is 1.11. The maximum atomic E-state index is 4.75. The van der Waals surface area contributed by atoms with Crippen LogP contribution in [0, 0.1) is 6.92 Å². The van der Waals surface area contributed by atoms with E-state index in [1.165, 1.54) is 0 Å². The molecule has 0 atom stereocenters. The van der Waals surface area contributed by atoms with Crippen molar-refractivity contribution in [1.29, 1.82) is 0 Å². The van der Waals surface area contributed by atoms with E-state index in [9.17, 15) is 0 Å². The van der Waals surface area contributed by atoms with Gasteiger partial charge >= 0.3 is 0 Å². The first-order valence-corrected chi connectivity index (χ1v) is 8.21. The third-order valence-electron chi connectivity index (χ3n) is 4.06. The molecule has 4 rings (SSSR count). The fraction of sp³-hybridized carbons (Fsp3) is 0.0455. The van der Waals surface area contributed by atoms with Crippen LogP contribution >= 0.6 is 0 Å². The number of nitrogens with zero attached hydrogens (tertiary/aromatic N) is 3. The first-order chi connectivity index (χ1) is 12.3. The van der Waals surface area contributed by atoms with Crippen molar-refractivity contribution in [2.75, 3.05) is 0 Å². The van der Waals surface area contributed by atoms with Gasteiger partial charge in [-0.25, -0.2) is 9.97 Å². The van der Waals surface area contributed by atoms with E-state index < -0.39 is 0 Å². The largest absolute Gasteiger partial charge is 0.264 e. The zero-order valence-corrected chi connectivity index (χ0v) is 13.9. The SMILES string of the molecule is Cc1cc(-c2ccccc2)nc(-c2ccc(-c3cccnc3)cc2)n1. The topological polar surface area (TPSA) is 38.7 Å². The summed E-state index contributed by atoms with van der Waals surface area (Å²) in [6.45, 7) is 2.00. The van der Waals surface area contributed by atoms with Crippen LogP contribution in [0.15, 0.2) is 85.2 Å². The third kappa shape index (κ3) is 3.31. The summed E-state index contributed by atoms with van der Waals surface area (Å²) < 4.78 is 0. The molecule has 0 saturated carbocycles. The summed E-state index contributed by atoms with van der Waals surface area (Å²) >= 11 is 0. The van der Waals surface area contributed by atoms with Crippen molar-refractivity contribution >= 4 is 0 Å². The van der Waals surface area contributed by atoms with Gasteiger partial charge in [0.25, 0.3) is 0 Å². The minimum Gasteiger partial charge on any atom is -0.264 e. The van der Waals surface area contributed by atoms with Gasteiger partial charge in [0.15, 0.2) is 5.82 Å². The van der Waals surface area contributed by atoms with E-state index in [0.717, 1.165) is 39.5 Å². The minimum absolute atomic E-state index is 0.747. The number of aromatic nitrogens is 3. The predicted octanol–water partition coefficient (Wildman–Crippen LogP) is 5.18. The van der Waals surface area contributed by atoms with Crippen LogP contribution in [0.2, 0.25) is 0 Å². The van der Waals surface area contributed by atoms with Crippen LogP contribution in [-0.4, -0.2) is 15.0 Å². The second-order valence-corrected chi connectivity index (χ2v) is 5.90. The number of aryl methyl sites for hydroxylation is 1. The molecule has 0 aliphatic carbocycles. The molecule has 0 saturated heterocycles. The highest BCUT2D eigenvalue weighted by atomic mass is 14.9. The van der Waals surface area contributed by atoms with Crippen molar-refractivity contribution in [3.63, 3.8) is 0 Å². The first-order valence-electron chi connectivity index (χ1n) is 8.21. The molecule has 3 nitrogen and oxygen atoms in total. The van der Waals surface area contributed by atoms with Crippen molar-refractivity contribution in [2.24, 2.45) is 0 Å². The Morgan fingerprint density at radius 3 is 2.08 bits per heavy atom. The molecule has 0 spiro atoms. The summed E-state index contributed by atoms with van der Waals surface area (Å²) in [4.78, 5) is 13.5. The van der Waals surface area contributed by atoms with Gasteiger partial charge in [0.05, 0.1) is 5.69 Å². The molecule has 0 amide bonds. The van der Waals surface area contributed by atoms with Gasteiger partial charge in [0.1, 0.15) is 0 Å². The average Bonchev–Trinajstić information content (AvgIpc) is 2.69. The molecule has 2 heterocycles. The molecular formula is C22H17N3. The average molecular weight is 323 g/mol. The second-order valence-electron chi connectivity index (χ2n) is 5.90. The Balaban J connectivity index is 1.71. The summed E-state index contributed by atoms with van der Waals surface area (Å²) in [5.41, 5.74) is 6.24. The Morgan fingerprint density at radius 1 is 0.640 bits per heavy atom. The van der Waals surface area contributed by atoms with Crippen molar-refractivity contribution in [1.82, 2.24) is 15.0 Å². The maximum absolute atomic E-state index is 4.75. The highest BCUT2D eigenvalue weighted by Crippen LogP contribution is 2.25. The van der Waals surface area contributed by atoms with E-state index in [1.807, 2.05) is 43.5 Å². The van der Waals surface area contributed by atoms with Crippen LogP contribution in [0.1, 0.15) is 5.69 Å². The molecule has 0 bridgehead atoms. The number of rotatable bonds is 3. The molecule has 120 valence electrons. The normalized spacial score (nSPS) is 10.6. The molecule has 0 fully saturated rings. The maximum Gasteiger partial charge on any atom is 0.160 e. The molecule has 3 heteroatoms. The van der Waals surface area contributed by atoms with Crippen LogP contribution in [0.3, 0.4) is 0 Å². The van der Waals surface area contributed by atoms with Gasteiger partial charge in [-0.1, -0.05) is 60.7 Å². The van der Waals surface area contributed by atoms with Gasteiger partial charge in [0.2, 0.25) is 0 Å². The lowest BCUT2D eigenvalue weighted by atomic mass is 10.1. The fourth-order valence-electron chi connectivity index (χ4n) is 2.80. The van der Waals surface area contributed by atoms with Crippen molar-refractivity contribution in [3.8, 4) is 33.8 Å². The highest BCUT2D eigenvalue weighted by Gasteiger charge is 2.07. The standard InChI is InChI=1S/C22H17N3/c1-16-14-21(18-6-3-2-4-7-18)25-22(24-16)19-11-9-17(10-12-19)20-8-5-13-23-15-20/h2-15H,1H3. The van der Waals surface area contributed by atoms with Gasteiger partial charge in [-0.3, -0.25) is 4.98 Å². The molecule has 0 aliphatic heterocycles. The monoisotopic (exact) mass is 323 g/mol. The van der Waals surface area contributed by atoms with Crippen molar-refractivity contribution in [2.45, 2.75) is 6.92 Å². The van der Waals surface area contributed by atoms with Gasteiger partial charge in [-0.15, -0.1) is 0 Å². The van der Waals surface area contributed by atoms with Crippen LogP contribution in [0.4, 0.5) is 0 Å². The van der Waals surface area contributed by atoms with Gasteiger partial charge in [0, 0.05) is 29.2 Å². The summed E-state index contributed by atoms with van der Waals surface area (Å²) in [5, 5.41) is 0. The molecule has 4 aromatic rings. The van der Waals surface area contributed by atoms with E-state index in [0.29, 0.717) is 0 Å². The van der Waals surface area contributed by atoms with Gasteiger partial charge in [-0.2, -0.15) is 0 Å². The third-order valence-corrected chi connectivity index (χ3v) is 4.06. The number of pyridine rings is 1. The van der Waals surface area contributed by atoms with Gasteiger partial charge in [-0.05, 0) is 30.2 Å². The summed E-state index contributed by atoms with van der Waals surface area (Å²) in [5.74, 6) is 0.747. The lowest BCUT2D eigenvalue weighted by Crippen LogP contribution is -1.95. The number of benzene rings is 2. The molecule has 0 N–H and O–H groups in total. The van der Waals surface area contributed by atoms with Crippen LogP contribution in [-0.2, 0) is 0 Å². The summed E-state index contributed by atoms with van der Waals surface area (Å²) in [7, 11) is 0. The second kappa shape index (κ2) is 6.65. The molecule has 0 unspecified atom stereocenters. The molecule has 0 aliphatic rings. The summed E-state index contributed by atoms with van der Waals surface area (Å²) in [6, 6.07) is 24.5. The zero-order chi connectivity index (χ0) is 17.1. The van der Waals surface area contributed by atoms with E-state index >= 15 is 0 Å². The minimum atomic E-state index is 0.747.